The third kappa shape index (κ3) is 2.60. The van der Waals surface area contributed by atoms with Crippen molar-refractivity contribution in [1.82, 2.24) is 0 Å². The minimum absolute atomic E-state index is 0.486. The minimum Gasteiger partial charge on any atom is -0.298 e. The normalized spacial score (nSPS) is 9.94. The standard InChI is InChI=1S/C14H9ClO2/c15-14-3-1-12(2-4-14)13-6-10(8-16)5-11(7-13)9-17/h1-9H. The lowest BCUT2D eigenvalue weighted by Crippen LogP contribution is -1.88. The maximum Gasteiger partial charge on any atom is 0.150 e. The molecule has 0 aromatic heterocycles. The zero-order valence-electron chi connectivity index (χ0n) is 8.89. The van der Waals surface area contributed by atoms with E-state index in [4.69, 9.17) is 11.6 Å². The summed E-state index contributed by atoms with van der Waals surface area (Å²) >= 11 is 5.80. The van der Waals surface area contributed by atoms with Crippen LogP contribution in [0.5, 0.6) is 0 Å². The fourth-order valence-electron chi connectivity index (χ4n) is 1.62. The molecule has 2 aromatic rings. The number of halogens is 1. The number of carbonyl (C=O) groups is 2. The minimum atomic E-state index is 0.486. The Hall–Kier alpha value is -1.93. The Bertz CT molecular complexity index is 533. The highest BCUT2D eigenvalue weighted by Gasteiger charge is 2.02. The molecule has 0 radical (unpaired) electrons. The lowest BCUT2D eigenvalue weighted by atomic mass is 10.0. The molecule has 2 nitrogen and oxygen atoms in total. The zero-order chi connectivity index (χ0) is 12.3. The predicted octanol–water partition coefficient (Wildman–Crippen LogP) is 3.63. The average molecular weight is 245 g/mol. The third-order valence-electron chi connectivity index (χ3n) is 2.43. The van der Waals surface area contributed by atoms with Gasteiger partial charge in [-0.05, 0) is 41.5 Å². The van der Waals surface area contributed by atoms with Gasteiger partial charge < -0.3 is 0 Å². The molecule has 3 heteroatoms. The molecule has 0 heterocycles. The summed E-state index contributed by atoms with van der Waals surface area (Å²) in [5.41, 5.74) is 2.72. The largest absolute Gasteiger partial charge is 0.298 e. The number of carbonyl (C=O) groups excluding carboxylic acids is 2. The van der Waals surface area contributed by atoms with Gasteiger partial charge in [0, 0.05) is 16.1 Å². The summed E-state index contributed by atoms with van der Waals surface area (Å²) in [6, 6.07) is 12.3. The van der Waals surface area contributed by atoms with E-state index in [-0.39, 0.29) is 0 Å². The highest BCUT2D eigenvalue weighted by atomic mass is 35.5. The highest BCUT2D eigenvalue weighted by Crippen LogP contribution is 2.23. The van der Waals surface area contributed by atoms with Crippen molar-refractivity contribution in [2.24, 2.45) is 0 Å². The van der Waals surface area contributed by atoms with Crippen molar-refractivity contribution in [2.45, 2.75) is 0 Å². The fraction of sp³-hybridized carbons (Fsp3) is 0. The zero-order valence-corrected chi connectivity index (χ0v) is 9.65. The number of rotatable bonds is 3. The van der Waals surface area contributed by atoms with Crippen molar-refractivity contribution >= 4 is 24.2 Å². The van der Waals surface area contributed by atoms with Crippen LogP contribution in [0, 0.1) is 0 Å². The Morgan fingerprint density at radius 3 is 1.76 bits per heavy atom. The first-order valence-electron chi connectivity index (χ1n) is 5.04. The first-order valence-corrected chi connectivity index (χ1v) is 5.42. The molecule has 84 valence electrons. The molecular formula is C14H9ClO2. The van der Waals surface area contributed by atoms with Crippen LogP contribution in [0.1, 0.15) is 20.7 Å². The van der Waals surface area contributed by atoms with Crippen LogP contribution in [-0.4, -0.2) is 12.6 Å². The van der Waals surface area contributed by atoms with Crippen molar-refractivity contribution in [1.29, 1.82) is 0 Å². The number of hydrogen-bond donors (Lipinski definition) is 0. The van der Waals surface area contributed by atoms with Gasteiger partial charge in [0.2, 0.25) is 0 Å². The van der Waals surface area contributed by atoms with Crippen LogP contribution in [0.2, 0.25) is 5.02 Å². The van der Waals surface area contributed by atoms with Crippen LogP contribution >= 0.6 is 11.6 Å². The summed E-state index contributed by atoms with van der Waals surface area (Å²) < 4.78 is 0. The summed E-state index contributed by atoms with van der Waals surface area (Å²) in [5.74, 6) is 0. The van der Waals surface area contributed by atoms with E-state index in [0.29, 0.717) is 16.1 Å². The van der Waals surface area contributed by atoms with Gasteiger partial charge in [0.15, 0.2) is 0 Å². The van der Waals surface area contributed by atoms with Gasteiger partial charge in [-0.1, -0.05) is 23.7 Å². The average Bonchev–Trinajstić information content (AvgIpc) is 2.39. The van der Waals surface area contributed by atoms with Crippen molar-refractivity contribution in [3.63, 3.8) is 0 Å². The van der Waals surface area contributed by atoms with Crippen LogP contribution in [0.3, 0.4) is 0 Å². The third-order valence-corrected chi connectivity index (χ3v) is 2.68. The maximum atomic E-state index is 10.8. The van der Waals surface area contributed by atoms with E-state index in [1.54, 1.807) is 30.3 Å². The molecule has 0 aliphatic rings. The van der Waals surface area contributed by atoms with E-state index in [0.717, 1.165) is 23.7 Å². The number of hydrogen-bond acceptors (Lipinski definition) is 2. The summed E-state index contributed by atoms with van der Waals surface area (Å²) in [6.45, 7) is 0. The molecule has 2 rings (SSSR count). The Morgan fingerprint density at radius 1 is 0.765 bits per heavy atom. The van der Waals surface area contributed by atoms with E-state index in [9.17, 15) is 9.59 Å². The molecule has 0 aliphatic heterocycles. The molecule has 0 atom stereocenters. The second-order valence-electron chi connectivity index (χ2n) is 3.63. The second kappa shape index (κ2) is 4.93. The van der Waals surface area contributed by atoms with Gasteiger partial charge in [0.1, 0.15) is 12.6 Å². The molecule has 17 heavy (non-hydrogen) atoms. The van der Waals surface area contributed by atoms with E-state index in [1.165, 1.54) is 0 Å². The highest BCUT2D eigenvalue weighted by molar-refractivity contribution is 6.30. The fourth-order valence-corrected chi connectivity index (χ4v) is 1.75. The summed E-state index contributed by atoms with van der Waals surface area (Å²) in [7, 11) is 0. The first-order chi connectivity index (χ1) is 8.22. The lowest BCUT2D eigenvalue weighted by molar-refractivity contribution is 0.112. The molecule has 2 aromatic carbocycles. The van der Waals surface area contributed by atoms with Crippen molar-refractivity contribution < 1.29 is 9.59 Å². The first kappa shape index (κ1) is 11.6. The molecule has 0 spiro atoms. The smallest absolute Gasteiger partial charge is 0.150 e. The number of aldehydes is 2. The summed E-state index contributed by atoms with van der Waals surface area (Å²) in [6.07, 6.45) is 1.46. The van der Waals surface area contributed by atoms with Crippen molar-refractivity contribution in [3.8, 4) is 11.1 Å². The van der Waals surface area contributed by atoms with Crippen LogP contribution in [0.15, 0.2) is 42.5 Å². The van der Waals surface area contributed by atoms with Crippen LogP contribution in [0.25, 0.3) is 11.1 Å². The maximum absolute atomic E-state index is 10.8. The second-order valence-corrected chi connectivity index (χ2v) is 4.07. The van der Waals surface area contributed by atoms with E-state index in [1.807, 2.05) is 12.1 Å². The molecule has 0 saturated carbocycles. The molecule has 0 fully saturated rings. The summed E-state index contributed by atoms with van der Waals surface area (Å²) in [4.78, 5) is 21.6. The quantitative estimate of drug-likeness (QED) is 0.773. The van der Waals surface area contributed by atoms with Gasteiger partial charge in [-0.2, -0.15) is 0 Å². The van der Waals surface area contributed by atoms with Crippen LogP contribution in [0.4, 0.5) is 0 Å². The van der Waals surface area contributed by atoms with E-state index in [2.05, 4.69) is 0 Å². The van der Waals surface area contributed by atoms with Gasteiger partial charge in [0.25, 0.3) is 0 Å². The van der Waals surface area contributed by atoms with E-state index >= 15 is 0 Å². The van der Waals surface area contributed by atoms with Crippen LogP contribution < -0.4 is 0 Å². The SMILES string of the molecule is O=Cc1cc(C=O)cc(-c2ccc(Cl)cc2)c1. The van der Waals surface area contributed by atoms with Gasteiger partial charge >= 0.3 is 0 Å². The Kier molecular flexibility index (Phi) is 3.35. The molecule has 0 aliphatic carbocycles. The topological polar surface area (TPSA) is 34.1 Å². The van der Waals surface area contributed by atoms with Crippen molar-refractivity contribution in [3.05, 3.63) is 58.6 Å². The van der Waals surface area contributed by atoms with E-state index < -0.39 is 0 Å². The Morgan fingerprint density at radius 2 is 1.29 bits per heavy atom. The number of benzene rings is 2. The van der Waals surface area contributed by atoms with Crippen LogP contribution in [-0.2, 0) is 0 Å². The molecule has 0 amide bonds. The monoisotopic (exact) mass is 244 g/mol. The predicted molar refractivity (Wildman–Crippen MR) is 67.7 cm³/mol. The Balaban J connectivity index is 2.54. The van der Waals surface area contributed by atoms with Crippen molar-refractivity contribution in [2.75, 3.05) is 0 Å². The Labute approximate surface area is 104 Å². The molecule has 0 N–H and O–H groups in total. The van der Waals surface area contributed by atoms with Gasteiger partial charge in [0.05, 0.1) is 0 Å². The molecule has 0 saturated heterocycles. The molecule has 0 bridgehead atoms. The molecular weight excluding hydrogens is 236 g/mol. The van der Waals surface area contributed by atoms with Gasteiger partial charge in [-0.15, -0.1) is 0 Å². The van der Waals surface area contributed by atoms with Gasteiger partial charge in [-0.3, -0.25) is 9.59 Å². The van der Waals surface area contributed by atoms with Gasteiger partial charge in [-0.25, -0.2) is 0 Å². The molecule has 0 unspecified atom stereocenters. The summed E-state index contributed by atoms with van der Waals surface area (Å²) in [5, 5.41) is 0.649. The lowest BCUT2D eigenvalue weighted by Gasteiger charge is -2.04.